The third-order valence-electron chi connectivity index (χ3n) is 2.79. The highest BCUT2D eigenvalue weighted by molar-refractivity contribution is 5.68. The molecule has 78 valence electrons. The molecule has 1 aliphatic carbocycles. The van der Waals surface area contributed by atoms with Gasteiger partial charge in [0.1, 0.15) is 0 Å². The summed E-state index contributed by atoms with van der Waals surface area (Å²) >= 11 is 0. The fraction of sp³-hybridized carbons (Fsp3) is 0.583. The summed E-state index contributed by atoms with van der Waals surface area (Å²) in [7, 11) is 0. The van der Waals surface area contributed by atoms with Gasteiger partial charge in [-0.15, -0.1) is 0 Å². The van der Waals surface area contributed by atoms with Gasteiger partial charge in [-0.05, 0) is 18.3 Å². The molecule has 2 atom stereocenters. The Hall–Kier alpha value is -1.05. The van der Waals surface area contributed by atoms with Crippen molar-refractivity contribution in [3.63, 3.8) is 0 Å². The van der Waals surface area contributed by atoms with Crippen LogP contribution in [-0.2, 0) is 9.53 Å². The number of rotatable bonds is 4. The third kappa shape index (κ3) is 2.72. The zero-order valence-electron chi connectivity index (χ0n) is 8.95. The van der Waals surface area contributed by atoms with Crippen LogP contribution in [0, 0.1) is 11.8 Å². The van der Waals surface area contributed by atoms with Crippen LogP contribution in [-0.4, -0.2) is 12.6 Å². The second-order valence-electron chi connectivity index (χ2n) is 3.75. The zero-order chi connectivity index (χ0) is 10.6. The first-order chi connectivity index (χ1) is 6.65. The molecule has 0 amide bonds. The first-order valence-corrected chi connectivity index (χ1v) is 5.17. The molecule has 0 radical (unpaired) electrons. The van der Waals surface area contributed by atoms with E-state index in [1.54, 1.807) is 0 Å². The average Bonchev–Trinajstić information content (AvgIpc) is 2.49. The van der Waals surface area contributed by atoms with Gasteiger partial charge in [-0.25, -0.2) is 0 Å². The maximum atomic E-state index is 10.9. The highest BCUT2D eigenvalue weighted by Crippen LogP contribution is 2.30. The van der Waals surface area contributed by atoms with E-state index in [1.807, 2.05) is 6.92 Å². The van der Waals surface area contributed by atoms with Crippen LogP contribution in [0.1, 0.15) is 26.7 Å². The lowest BCUT2D eigenvalue weighted by atomic mass is 9.93. The van der Waals surface area contributed by atoms with Crippen LogP contribution in [0.5, 0.6) is 0 Å². The summed E-state index contributed by atoms with van der Waals surface area (Å²) in [5.74, 6) is 0.876. The van der Waals surface area contributed by atoms with E-state index < -0.39 is 0 Å². The molecule has 0 aromatic rings. The fourth-order valence-electron chi connectivity index (χ4n) is 1.60. The first-order valence-electron chi connectivity index (χ1n) is 5.17. The van der Waals surface area contributed by atoms with E-state index in [2.05, 4.69) is 25.7 Å². The van der Waals surface area contributed by atoms with Crippen molar-refractivity contribution >= 4 is 5.97 Å². The molecule has 0 saturated carbocycles. The standard InChI is InChI=1S/C12H18O2/c1-4-12(13)14-8-7-11-6-5-9(2)10(11)3/h5-6,10-11H,2,4,7-8H2,1,3H3/t10-,11+/m0/s1. The van der Waals surface area contributed by atoms with Crippen LogP contribution in [0.4, 0.5) is 0 Å². The van der Waals surface area contributed by atoms with Gasteiger partial charge in [0.25, 0.3) is 0 Å². The number of ether oxygens (including phenoxy) is 1. The Bertz CT molecular complexity index is 253. The van der Waals surface area contributed by atoms with E-state index in [0.29, 0.717) is 24.9 Å². The summed E-state index contributed by atoms with van der Waals surface area (Å²) in [5, 5.41) is 0. The molecule has 0 heterocycles. The van der Waals surface area contributed by atoms with Gasteiger partial charge in [-0.1, -0.05) is 38.2 Å². The molecular weight excluding hydrogens is 176 g/mol. The maximum absolute atomic E-state index is 10.9. The minimum absolute atomic E-state index is 0.113. The van der Waals surface area contributed by atoms with Gasteiger partial charge in [-0.2, -0.15) is 0 Å². The van der Waals surface area contributed by atoms with Crippen LogP contribution in [0.15, 0.2) is 24.3 Å². The van der Waals surface area contributed by atoms with Crippen LogP contribution in [0.2, 0.25) is 0 Å². The Morgan fingerprint density at radius 2 is 2.36 bits per heavy atom. The molecule has 2 heteroatoms. The van der Waals surface area contributed by atoms with Gasteiger partial charge >= 0.3 is 5.97 Å². The molecule has 0 unspecified atom stereocenters. The molecule has 1 aliphatic rings. The number of hydrogen-bond donors (Lipinski definition) is 0. The van der Waals surface area contributed by atoms with Gasteiger partial charge in [0.2, 0.25) is 0 Å². The fourth-order valence-corrected chi connectivity index (χ4v) is 1.60. The maximum Gasteiger partial charge on any atom is 0.305 e. The van der Waals surface area contributed by atoms with Crippen molar-refractivity contribution in [2.45, 2.75) is 26.7 Å². The SMILES string of the molecule is C=C1C=C[C@H](CCOC(=O)CC)[C@H]1C. The van der Waals surface area contributed by atoms with E-state index in [0.717, 1.165) is 6.42 Å². The Labute approximate surface area is 85.6 Å². The molecule has 0 N–H and O–H groups in total. The molecule has 0 aliphatic heterocycles. The smallest absolute Gasteiger partial charge is 0.305 e. The van der Waals surface area contributed by atoms with E-state index in [1.165, 1.54) is 5.57 Å². The highest BCUT2D eigenvalue weighted by Gasteiger charge is 2.21. The van der Waals surface area contributed by atoms with E-state index >= 15 is 0 Å². The van der Waals surface area contributed by atoms with Crippen molar-refractivity contribution in [3.8, 4) is 0 Å². The lowest BCUT2D eigenvalue weighted by Gasteiger charge is -2.15. The summed E-state index contributed by atoms with van der Waals surface area (Å²) in [6.45, 7) is 8.45. The van der Waals surface area contributed by atoms with Gasteiger partial charge < -0.3 is 4.74 Å². The van der Waals surface area contributed by atoms with Gasteiger partial charge in [0, 0.05) is 6.42 Å². The Morgan fingerprint density at radius 3 is 2.86 bits per heavy atom. The number of allylic oxidation sites excluding steroid dienone is 3. The number of esters is 1. The Kier molecular flexibility index (Phi) is 3.93. The minimum atomic E-state index is -0.113. The lowest BCUT2D eigenvalue weighted by Crippen LogP contribution is -2.11. The molecule has 0 aromatic carbocycles. The largest absolute Gasteiger partial charge is 0.466 e. The highest BCUT2D eigenvalue weighted by atomic mass is 16.5. The predicted molar refractivity (Wildman–Crippen MR) is 56.8 cm³/mol. The molecule has 2 nitrogen and oxygen atoms in total. The molecular formula is C12H18O2. The van der Waals surface area contributed by atoms with Crippen molar-refractivity contribution < 1.29 is 9.53 Å². The van der Waals surface area contributed by atoms with Crippen molar-refractivity contribution in [1.82, 2.24) is 0 Å². The molecule has 0 aromatic heterocycles. The van der Waals surface area contributed by atoms with Crippen LogP contribution >= 0.6 is 0 Å². The molecule has 0 saturated heterocycles. The normalized spacial score (nSPS) is 25.4. The van der Waals surface area contributed by atoms with Crippen LogP contribution in [0.3, 0.4) is 0 Å². The molecule has 14 heavy (non-hydrogen) atoms. The first kappa shape index (κ1) is 11.0. The zero-order valence-corrected chi connectivity index (χ0v) is 8.95. The van der Waals surface area contributed by atoms with Crippen molar-refractivity contribution in [2.75, 3.05) is 6.61 Å². The Balaban J connectivity index is 2.23. The number of carbonyl (C=O) groups is 1. The number of hydrogen-bond acceptors (Lipinski definition) is 2. The Morgan fingerprint density at radius 1 is 1.64 bits per heavy atom. The molecule has 0 bridgehead atoms. The van der Waals surface area contributed by atoms with Crippen molar-refractivity contribution in [2.24, 2.45) is 11.8 Å². The summed E-state index contributed by atoms with van der Waals surface area (Å²) in [6, 6.07) is 0. The predicted octanol–water partition coefficient (Wildman–Crippen LogP) is 2.71. The van der Waals surface area contributed by atoms with Gasteiger partial charge in [-0.3, -0.25) is 4.79 Å². The summed E-state index contributed by atoms with van der Waals surface area (Å²) in [5.41, 5.74) is 1.18. The third-order valence-corrected chi connectivity index (χ3v) is 2.79. The topological polar surface area (TPSA) is 26.3 Å². The summed E-state index contributed by atoms with van der Waals surface area (Å²) in [4.78, 5) is 10.9. The second-order valence-corrected chi connectivity index (χ2v) is 3.75. The second kappa shape index (κ2) is 4.99. The molecule has 0 fully saturated rings. The monoisotopic (exact) mass is 194 g/mol. The summed E-state index contributed by atoms with van der Waals surface area (Å²) in [6.07, 6.45) is 5.59. The molecule has 0 spiro atoms. The van der Waals surface area contributed by atoms with E-state index in [4.69, 9.17) is 4.74 Å². The lowest BCUT2D eigenvalue weighted by molar-refractivity contribution is -0.143. The van der Waals surface area contributed by atoms with Crippen LogP contribution < -0.4 is 0 Å². The minimum Gasteiger partial charge on any atom is -0.466 e. The number of carbonyl (C=O) groups excluding carboxylic acids is 1. The quantitative estimate of drug-likeness (QED) is 0.643. The summed E-state index contributed by atoms with van der Waals surface area (Å²) < 4.78 is 5.03. The van der Waals surface area contributed by atoms with E-state index in [-0.39, 0.29) is 5.97 Å². The van der Waals surface area contributed by atoms with Crippen molar-refractivity contribution in [1.29, 1.82) is 0 Å². The van der Waals surface area contributed by atoms with Gasteiger partial charge in [0.05, 0.1) is 6.61 Å². The van der Waals surface area contributed by atoms with Crippen molar-refractivity contribution in [3.05, 3.63) is 24.3 Å². The van der Waals surface area contributed by atoms with Crippen LogP contribution in [0.25, 0.3) is 0 Å². The van der Waals surface area contributed by atoms with Gasteiger partial charge in [0.15, 0.2) is 0 Å². The van der Waals surface area contributed by atoms with E-state index in [9.17, 15) is 4.79 Å². The average molecular weight is 194 g/mol. The molecule has 1 rings (SSSR count).